The van der Waals surface area contributed by atoms with Gasteiger partial charge in [-0.2, -0.15) is 0 Å². The van der Waals surface area contributed by atoms with Crippen molar-refractivity contribution in [3.63, 3.8) is 0 Å². The number of hydrogen-bond acceptors (Lipinski definition) is 3. The Morgan fingerprint density at radius 1 is 1.18 bits per heavy atom. The highest BCUT2D eigenvalue weighted by Gasteiger charge is 2.31. The van der Waals surface area contributed by atoms with Gasteiger partial charge in [-0.05, 0) is 70.1 Å². The third kappa shape index (κ3) is 6.23. The molecule has 4 nitrogen and oxygen atoms in total. The fourth-order valence-electron chi connectivity index (χ4n) is 3.79. The molecule has 3 N–H and O–H groups in total. The first-order valence-corrected chi connectivity index (χ1v) is 8.44. The van der Waals surface area contributed by atoms with Crippen molar-refractivity contribution in [3.05, 3.63) is 0 Å². The van der Waals surface area contributed by atoms with E-state index in [0.29, 0.717) is 12.5 Å². The number of carbonyl (C=O) groups is 1. The zero-order valence-corrected chi connectivity index (χ0v) is 15.4. The van der Waals surface area contributed by atoms with Crippen molar-refractivity contribution >= 4 is 30.7 Å². The third-order valence-corrected chi connectivity index (χ3v) is 5.30. The molecule has 0 spiro atoms. The highest BCUT2D eigenvalue weighted by Crippen LogP contribution is 2.31. The van der Waals surface area contributed by atoms with Crippen LogP contribution in [0, 0.1) is 17.8 Å². The average molecular weight is 354 g/mol. The minimum atomic E-state index is 0. The molecule has 1 saturated carbocycles. The van der Waals surface area contributed by atoms with Crippen LogP contribution in [0.1, 0.15) is 45.4 Å². The van der Waals surface area contributed by atoms with Gasteiger partial charge < -0.3 is 16.0 Å². The summed E-state index contributed by atoms with van der Waals surface area (Å²) in [4.78, 5) is 14.7. The Morgan fingerprint density at radius 2 is 1.86 bits per heavy atom. The monoisotopic (exact) mass is 353 g/mol. The van der Waals surface area contributed by atoms with Gasteiger partial charge in [0.1, 0.15) is 0 Å². The van der Waals surface area contributed by atoms with Crippen molar-refractivity contribution in [2.24, 2.45) is 23.5 Å². The molecule has 0 radical (unpaired) electrons. The number of carbonyl (C=O) groups excluding carboxylic acids is 1. The molecular formula is C16H33Cl2N3O. The molecule has 22 heavy (non-hydrogen) atoms. The molecule has 1 amide bonds. The van der Waals surface area contributed by atoms with Gasteiger partial charge in [0.15, 0.2) is 0 Å². The summed E-state index contributed by atoms with van der Waals surface area (Å²) in [6.45, 7) is 7.37. The summed E-state index contributed by atoms with van der Waals surface area (Å²) in [7, 11) is 0. The van der Waals surface area contributed by atoms with E-state index in [9.17, 15) is 4.79 Å². The van der Waals surface area contributed by atoms with Gasteiger partial charge >= 0.3 is 0 Å². The maximum absolute atomic E-state index is 12.2. The summed E-state index contributed by atoms with van der Waals surface area (Å²) >= 11 is 0. The van der Waals surface area contributed by atoms with Gasteiger partial charge in [0.2, 0.25) is 5.91 Å². The number of nitrogens with zero attached hydrogens (tertiary/aromatic N) is 1. The van der Waals surface area contributed by atoms with Gasteiger partial charge in [0.05, 0.1) is 0 Å². The van der Waals surface area contributed by atoms with Crippen LogP contribution in [0.4, 0.5) is 0 Å². The van der Waals surface area contributed by atoms with Gasteiger partial charge in [-0.1, -0.05) is 13.3 Å². The van der Waals surface area contributed by atoms with Crippen molar-refractivity contribution in [2.45, 2.75) is 45.4 Å². The Hall–Kier alpha value is -0.0300. The van der Waals surface area contributed by atoms with Crippen molar-refractivity contribution < 1.29 is 4.79 Å². The summed E-state index contributed by atoms with van der Waals surface area (Å²) in [6, 6.07) is 0. The normalized spacial score (nSPS) is 26.1. The van der Waals surface area contributed by atoms with Gasteiger partial charge in [-0.15, -0.1) is 24.8 Å². The molecule has 0 unspecified atom stereocenters. The number of piperidine rings is 1. The highest BCUT2D eigenvalue weighted by molar-refractivity contribution is 5.85. The zero-order chi connectivity index (χ0) is 14.4. The van der Waals surface area contributed by atoms with Gasteiger partial charge in [0, 0.05) is 12.5 Å². The lowest BCUT2D eigenvalue weighted by molar-refractivity contribution is -0.126. The van der Waals surface area contributed by atoms with E-state index >= 15 is 0 Å². The molecule has 1 aliphatic heterocycles. The van der Waals surface area contributed by atoms with E-state index < -0.39 is 0 Å². The van der Waals surface area contributed by atoms with Gasteiger partial charge in [-0.25, -0.2) is 0 Å². The number of halogens is 2. The number of nitrogens with one attached hydrogen (secondary N) is 1. The van der Waals surface area contributed by atoms with Crippen LogP contribution in [-0.2, 0) is 4.79 Å². The highest BCUT2D eigenvalue weighted by atomic mass is 35.5. The maximum atomic E-state index is 12.2. The quantitative estimate of drug-likeness (QED) is 0.770. The van der Waals surface area contributed by atoms with E-state index in [0.717, 1.165) is 38.1 Å². The fraction of sp³-hybridized carbons (Fsp3) is 0.938. The molecule has 2 aliphatic rings. The molecule has 2 atom stereocenters. The molecule has 2 fully saturated rings. The minimum Gasteiger partial charge on any atom is -0.356 e. The largest absolute Gasteiger partial charge is 0.356 e. The van der Waals surface area contributed by atoms with Gasteiger partial charge in [0.25, 0.3) is 0 Å². The van der Waals surface area contributed by atoms with Crippen molar-refractivity contribution in [3.8, 4) is 0 Å². The van der Waals surface area contributed by atoms with E-state index in [1.54, 1.807) is 0 Å². The third-order valence-electron chi connectivity index (χ3n) is 5.30. The lowest BCUT2D eigenvalue weighted by Crippen LogP contribution is -2.37. The molecule has 0 aromatic heterocycles. The first-order valence-electron chi connectivity index (χ1n) is 8.44. The van der Waals surface area contributed by atoms with E-state index in [2.05, 4.69) is 17.1 Å². The summed E-state index contributed by atoms with van der Waals surface area (Å²) < 4.78 is 0. The molecule has 6 heteroatoms. The molecule has 0 bridgehead atoms. The van der Waals surface area contributed by atoms with Crippen LogP contribution < -0.4 is 11.1 Å². The predicted molar refractivity (Wildman–Crippen MR) is 96.8 cm³/mol. The Bertz CT molecular complexity index is 310. The number of nitrogens with two attached hydrogens (primary N) is 1. The molecule has 132 valence electrons. The number of hydrogen-bond donors (Lipinski definition) is 2. The zero-order valence-electron chi connectivity index (χ0n) is 13.8. The van der Waals surface area contributed by atoms with Crippen LogP contribution in [0.5, 0.6) is 0 Å². The lowest BCUT2D eigenvalue weighted by Gasteiger charge is -2.31. The van der Waals surface area contributed by atoms with Crippen LogP contribution >= 0.6 is 24.8 Å². The Balaban J connectivity index is 0.00000220. The van der Waals surface area contributed by atoms with E-state index in [1.807, 2.05) is 0 Å². The van der Waals surface area contributed by atoms with Crippen LogP contribution in [0.3, 0.4) is 0 Å². The predicted octanol–water partition coefficient (Wildman–Crippen LogP) is 2.44. The smallest absolute Gasteiger partial charge is 0.223 e. The van der Waals surface area contributed by atoms with Crippen molar-refractivity contribution in [1.29, 1.82) is 0 Å². The second-order valence-corrected chi connectivity index (χ2v) is 6.49. The lowest BCUT2D eigenvalue weighted by atomic mass is 9.93. The summed E-state index contributed by atoms with van der Waals surface area (Å²) in [5.74, 6) is 1.65. The molecular weight excluding hydrogens is 321 g/mol. The average Bonchev–Trinajstić information content (AvgIpc) is 2.96. The first-order chi connectivity index (χ1) is 9.74. The summed E-state index contributed by atoms with van der Waals surface area (Å²) in [5, 5.41) is 3.15. The van der Waals surface area contributed by atoms with Crippen LogP contribution in [0.2, 0.25) is 0 Å². The molecule has 0 aromatic rings. The number of rotatable bonds is 6. The number of likely N-dealkylation sites (tertiary alicyclic amines) is 1. The Labute approximate surface area is 147 Å². The topological polar surface area (TPSA) is 58.4 Å². The Morgan fingerprint density at radius 3 is 2.45 bits per heavy atom. The molecule has 1 aliphatic carbocycles. The molecule has 2 rings (SSSR count). The fourth-order valence-corrected chi connectivity index (χ4v) is 3.79. The van der Waals surface area contributed by atoms with Crippen LogP contribution in [-0.4, -0.2) is 43.5 Å². The SMILES string of the molecule is CCN1CCC(CCNC(=O)[C@@H]2CCC[C@@H]2CN)CC1.Cl.Cl. The second-order valence-electron chi connectivity index (χ2n) is 6.49. The van der Waals surface area contributed by atoms with Crippen LogP contribution in [0.25, 0.3) is 0 Å². The first kappa shape index (κ1) is 22.0. The Kier molecular flexibility index (Phi) is 11.5. The summed E-state index contributed by atoms with van der Waals surface area (Å²) in [6.07, 6.45) is 7.04. The van der Waals surface area contributed by atoms with E-state index in [4.69, 9.17) is 5.73 Å². The molecule has 1 heterocycles. The molecule has 1 saturated heterocycles. The van der Waals surface area contributed by atoms with E-state index in [-0.39, 0.29) is 36.6 Å². The standard InChI is InChI=1S/C16H31N3O.2ClH/c1-2-19-10-7-13(8-11-19)6-9-18-16(20)15-5-3-4-14(15)12-17;;/h13-15H,2-12,17H2,1H3,(H,18,20);2*1H/t14-,15-;;/m1../s1. The van der Waals surface area contributed by atoms with Crippen molar-refractivity contribution in [2.75, 3.05) is 32.7 Å². The maximum Gasteiger partial charge on any atom is 0.223 e. The van der Waals surface area contributed by atoms with Crippen molar-refractivity contribution in [1.82, 2.24) is 10.2 Å². The second kappa shape index (κ2) is 11.5. The minimum absolute atomic E-state index is 0. The summed E-state index contributed by atoms with van der Waals surface area (Å²) in [5.41, 5.74) is 5.75. The van der Waals surface area contributed by atoms with Gasteiger partial charge in [-0.3, -0.25) is 4.79 Å². The van der Waals surface area contributed by atoms with Crippen LogP contribution in [0.15, 0.2) is 0 Å². The number of amides is 1. The molecule has 0 aromatic carbocycles. The van der Waals surface area contributed by atoms with E-state index in [1.165, 1.54) is 32.5 Å².